The number of aryl methyl sites for hydroxylation is 3. The summed E-state index contributed by atoms with van der Waals surface area (Å²) in [5, 5.41) is 11.6. The number of aliphatic hydroxyl groups excluding tert-OH is 1. The van der Waals surface area contributed by atoms with Gasteiger partial charge < -0.3 is 5.11 Å². The van der Waals surface area contributed by atoms with Crippen molar-refractivity contribution in [2.24, 2.45) is 0 Å². The van der Waals surface area contributed by atoms with Crippen molar-refractivity contribution in [1.29, 1.82) is 0 Å². The van der Waals surface area contributed by atoms with E-state index in [2.05, 4.69) is 25.8 Å². The van der Waals surface area contributed by atoms with Crippen LogP contribution in [0.15, 0.2) is 66.4 Å². The molecular weight excluding hydrogens is 424 g/mol. The standard InChI is InChI=1S/C29H30N2O3/c1-17-10-11-19(3)23(15-17)31-25(22-9-7-8-14-30-22)24(27(33)28(31)34)26(32)21-16-20(29(4,5)6)13-12-18(21)2/h7-16,25,32H,1-6H3/b26-24+. The summed E-state index contributed by atoms with van der Waals surface area (Å²) in [4.78, 5) is 32.8. The highest BCUT2D eigenvalue weighted by atomic mass is 16.3. The van der Waals surface area contributed by atoms with Crippen LogP contribution in [0.4, 0.5) is 5.69 Å². The van der Waals surface area contributed by atoms with Gasteiger partial charge in [0.2, 0.25) is 0 Å². The van der Waals surface area contributed by atoms with E-state index in [4.69, 9.17) is 0 Å². The van der Waals surface area contributed by atoms with E-state index in [1.54, 1.807) is 18.3 Å². The summed E-state index contributed by atoms with van der Waals surface area (Å²) in [6.07, 6.45) is 1.63. The molecule has 5 heteroatoms. The van der Waals surface area contributed by atoms with E-state index < -0.39 is 17.7 Å². The number of amides is 1. The van der Waals surface area contributed by atoms with Crippen molar-refractivity contribution < 1.29 is 14.7 Å². The molecule has 2 heterocycles. The van der Waals surface area contributed by atoms with Crippen molar-refractivity contribution in [3.05, 3.63) is 99.9 Å². The number of nitrogens with zero attached hydrogens (tertiary/aromatic N) is 2. The number of hydrogen-bond acceptors (Lipinski definition) is 4. The van der Waals surface area contributed by atoms with Gasteiger partial charge in [0.1, 0.15) is 11.8 Å². The number of benzene rings is 2. The minimum absolute atomic E-state index is 0.0544. The van der Waals surface area contributed by atoms with E-state index in [0.29, 0.717) is 16.9 Å². The molecule has 1 fully saturated rings. The highest BCUT2D eigenvalue weighted by molar-refractivity contribution is 6.51. The molecule has 1 aliphatic heterocycles. The first-order valence-corrected chi connectivity index (χ1v) is 11.4. The molecule has 1 atom stereocenters. The minimum Gasteiger partial charge on any atom is -0.507 e. The summed E-state index contributed by atoms with van der Waals surface area (Å²) in [6, 6.07) is 16.2. The fourth-order valence-electron chi connectivity index (χ4n) is 4.37. The molecule has 5 nitrogen and oxygen atoms in total. The molecule has 0 spiro atoms. The van der Waals surface area contributed by atoms with Crippen LogP contribution in [0.25, 0.3) is 5.76 Å². The van der Waals surface area contributed by atoms with Gasteiger partial charge in [0.15, 0.2) is 0 Å². The van der Waals surface area contributed by atoms with Crippen LogP contribution < -0.4 is 4.90 Å². The van der Waals surface area contributed by atoms with E-state index in [-0.39, 0.29) is 16.7 Å². The first-order chi connectivity index (χ1) is 16.0. The number of anilines is 1. The predicted molar refractivity (Wildman–Crippen MR) is 135 cm³/mol. The SMILES string of the molecule is Cc1ccc(C)c(N2C(=O)C(=O)/C(=C(/O)c3cc(C(C)(C)C)ccc3C)C2c2ccccn2)c1. The molecule has 1 aliphatic rings. The molecule has 3 aromatic rings. The van der Waals surface area contributed by atoms with Crippen LogP contribution in [0.2, 0.25) is 0 Å². The molecule has 1 unspecified atom stereocenters. The average Bonchev–Trinajstić information content (AvgIpc) is 3.05. The second-order valence-electron chi connectivity index (χ2n) is 9.99. The summed E-state index contributed by atoms with van der Waals surface area (Å²) < 4.78 is 0. The highest BCUT2D eigenvalue weighted by Gasteiger charge is 2.48. The van der Waals surface area contributed by atoms with Crippen LogP contribution in [-0.4, -0.2) is 21.8 Å². The average molecular weight is 455 g/mol. The van der Waals surface area contributed by atoms with Gasteiger partial charge >= 0.3 is 0 Å². The Balaban J connectivity index is 2.00. The molecule has 1 aromatic heterocycles. The largest absolute Gasteiger partial charge is 0.507 e. The quantitative estimate of drug-likeness (QED) is 0.302. The lowest BCUT2D eigenvalue weighted by Crippen LogP contribution is -2.30. The predicted octanol–water partition coefficient (Wildman–Crippen LogP) is 5.93. The van der Waals surface area contributed by atoms with Crippen molar-refractivity contribution in [3.63, 3.8) is 0 Å². The van der Waals surface area contributed by atoms with Gasteiger partial charge in [-0.25, -0.2) is 0 Å². The molecule has 0 saturated carbocycles. The number of ketones is 1. The molecule has 4 rings (SSSR count). The van der Waals surface area contributed by atoms with Crippen molar-refractivity contribution in [2.45, 2.75) is 53.0 Å². The van der Waals surface area contributed by atoms with Gasteiger partial charge in [0.05, 0.1) is 11.3 Å². The monoisotopic (exact) mass is 454 g/mol. The zero-order valence-corrected chi connectivity index (χ0v) is 20.5. The lowest BCUT2D eigenvalue weighted by Gasteiger charge is -2.26. The fourth-order valence-corrected chi connectivity index (χ4v) is 4.37. The summed E-state index contributed by atoms with van der Waals surface area (Å²) >= 11 is 0. The fraction of sp³-hybridized carbons (Fsp3) is 0.276. The Morgan fingerprint density at radius 3 is 2.29 bits per heavy atom. The molecule has 1 N–H and O–H groups in total. The molecule has 2 aromatic carbocycles. The molecule has 1 saturated heterocycles. The number of hydrogen-bond donors (Lipinski definition) is 1. The first-order valence-electron chi connectivity index (χ1n) is 11.4. The lowest BCUT2D eigenvalue weighted by atomic mass is 9.84. The third kappa shape index (κ3) is 4.03. The number of pyridine rings is 1. The Labute approximate surface area is 200 Å². The zero-order valence-electron chi connectivity index (χ0n) is 20.5. The van der Waals surface area contributed by atoms with Crippen LogP contribution in [-0.2, 0) is 15.0 Å². The topological polar surface area (TPSA) is 70.5 Å². The highest BCUT2D eigenvalue weighted by Crippen LogP contribution is 2.43. The summed E-state index contributed by atoms with van der Waals surface area (Å²) in [6.45, 7) is 12.0. The Morgan fingerprint density at radius 1 is 0.941 bits per heavy atom. The number of aliphatic hydroxyl groups is 1. The van der Waals surface area contributed by atoms with Gasteiger partial charge in [0, 0.05) is 17.4 Å². The number of carbonyl (C=O) groups is 2. The summed E-state index contributed by atoms with van der Waals surface area (Å²) in [5.41, 5.74) is 5.29. The third-order valence-corrected chi connectivity index (χ3v) is 6.40. The van der Waals surface area contributed by atoms with Gasteiger partial charge in [-0.1, -0.05) is 51.1 Å². The van der Waals surface area contributed by atoms with E-state index in [1.165, 1.54) is 4.90 Å². The second kappa shape index (κ2) is 8.56. The van der Waals surface area contributed by atoms with Gasteiger partial charge in [-0.15, -0.1) is 0 Å². The van der Waals surface area contributed by atoms with Crippen molar-refractivity contribution in [1.82, 2.24) is 4.98 Å². The number of carbonyl (C=O) groups excluding carboxylic acids is 2. The minimum atomic E-state index is -0.834. The third-order valence-electron chi connectivity index (χ3n) is 6.40. The van der Waals surface area contributed by atoms with Crippen molar-refractivity contribution >= 4 is 23.1 Å². The molecule has 0 aliphatic carbocycles. The van der Waals surface area contributed by atoms with Gasteiger partial charge in [-0.05, 0) is 72.7 Å². The first kappa shape index (κ1) is 23.4. The number of aromatic nitrogens is 1. The maximum atomic E-state index is 13.4. The smallest absolute Gasteiger partial charge is 0.300 e. The van der Waals surface area contributed by atoms with Gasteiger partial charge in [-0.3, -0.25) is 19.5 Å². The van der Waals surface area contributed by atoms with E-state index in [9.17, 15) is 14.7 Å². The van der Waals surface area contributed by atoms with E-state index in [1.807, 2.05) is 63.2 Å². The maximum Gasteiger partial charge on any atom is 0.300 e. The van der Waals surface area contributed by atoms with Gasteiger partial charge in [-0.2, -0.15) is 0 Å². The summed E-state index contributed by atoms with van der Waals surface area (Å²) in [5.74, 6) is -1.56. The van der Waals surface area contributed by atoms with E-state index >= 15 is 0 Å². The molecule has 34 heavy (non-hydrogen) atoms. The Kier molecular flexibility index (Phi) is 5.90. The molecular formula is C29H30N2O3. The second-order valence-corrected chi connectivity index (χ2v) is 9.99. The molecule has 0 radical (unpaired) electrons. The molecule has 1 amide bonds. The van der Waals surface area contributed by atoms with Crippen LogP contribution >= 0.6 is 0 Å². The Hall–Kier alpha value is -3.73. The van der Waals surface area contributed by atoms with Crippen molar-refractivity contribution in [2.75, 3.05) is 4.90 Å². The van der Waals surface area contributed by atoms with Crippen LogP contribution in [0.3, 0.4) is 0 Å². The normalized spacial score (nSPS) is 17.9. The lowest BCUT2D eigenvalue weighted by molar-refractivity contribution is -0.132. The molecule has 0 bridgehead atoms. The maximum absolute atomic E-state index is 13.4. The number of rotatable bonds is 3. The van der Waals surface area contributed by atoms with Gasteiger partial charge in [0.25, 0.3) is 11.7 Å². The number of Topliss-reactive ketones (excluding diaryl/α,β-unsaturated/α-hetero) is 1. The Bertz CT molecular complexity index is 1320. The van der Waals surface area contributed by atoms with Crippen LogP contribution in [0, 0.1) is 20.8 Å². The van der Waals surface area contributed by atoms with Crippen LogP contribution in [0.1, 0.15) is 60.3 Å². The Morgan fingerprint density at radius 2 is 1.65 bits per heavy atom. The van der Waals surface area contributed by atoms with E-state index in [0.717, 1.165) is 22.3 Å². The van der Waals surface area contributed by atoms with Crippen molar-refractivity contribution in [3.8, 4) is 0 Å². The molecule has 174 valence electrons. The zero-order chi connectivity index (χ0) is 24.8. The van der Waals surface area contributed by atoms with Crippen LogP contribution in [0.5, 0.6) is 0 Å². The summed E-state index contributed by atoms with van der Waals surface area (Å²) in [7, 11) is 0.